The van der Waals surface area contributed by atoms with Crippen LogP contribution in [0.4, 0.5) is 0 Å². The zero-order valence-electron chi connectivity index (χ0n) is 11.9. The molecule has 2 aromatic heterocycles. The van der Waals surface area contributed by atoms with E-state index < -0.39 is 0 Å². The minimum atomic E-state index is 0.0460. The van der Waals surface area contributed by atoms with Crippen molar-refractivity contribution in [2.45, 2.75) is 39.8 Å². The van der Waals surface area contributed by atoms with Crippen LogP contribution in [0.15, 0.2) is 31.0 Å². The molecule has 0 aliphatic carbocycles. The van der Waals surface area contributed by atoms with Gasteiger partial charge in [0, 0.05) is 31.2 Å². The van der Waals surface area contributed by atoms with E-state index >= 15 is 0 Å². The van der Waals surface area contributed by atoms with E-state index in [9.17, 15) is 0 Å². The van der Waals surface area contributed by atoms with Crippen molar-refractivity contribution in [3.63, 3.8) is 0 Å². The van der Waals surface area contributed by atoms with Gasteiger partial charge in [-0.2, -0.15) is 0 Å². The lowest BCUT2D eigenvalue weighted by Crippen LogP contribution is -2.17. The smallest absolute Gasteiger partial charge is 0.0951 e. The predicted octanol–water partition coefficient (Wildman–Crippen LogP) is 2.68. The highest BCUT2D eigenvalue weighted by atomic mass is 15.1. The third-order valence-corrected chi connectivity index (χ3v) is 3.33. The molecule has 0 aliphatic heterocycles. The molecule has 0 spiro atoms. The number of pyridine rings is 1. The number of nitrogens with zero attached hydrogens (tertiary/aromatic N) is 3. The fraction of sp³-hybridized carbons (Fsp3) is 0.467. The van der Waals surface area contributed by atoms with Crippen LogP contribution in [0.5, 0.6) is 0 Å². The molecule has 19 heavy (non-hydrogen) atoms. The quantitative estimate of drug-likeness (QED) is 0.897. The van der Waals surface area contributed by atoms with E-state index in [0.29, 0.717) is 5.92 Å². The average Bonchev–Trinajstić information content (AvgIpc) is 2.79. The second-order valence-corrected chi connectivity index (χ2v) is 5.48. The molecule has 0 saturated carbocycles. The van der Waals surface area contributed by atoms with Crippen molar-refractivity contribution >= 4 is 0 Å². The van der Waals surface area contributed by atoms with Gasteiger partial charge in [-0.25, -0.2) is 4.98 Å². The number of nitrogens with two attached hydrogens (primary N) is 1. The van der Waals surface area contributed by atoms with Gasteiger partial charge in [0.15, 0.2) is 0 Å². The fourth-order valence-corrected chi connectivity index (χ4v) is 2.26. The summed E-state index contributed by atoms with van der Waals surface area (Å²) in [6.45, 7) is 7.25. The van der Waals surface area contributed by atoms with Crippen molar-refractivity contribution in [3.05, 3.63) is 47.8 Å². The lowest BCUT2D eigenvalue weighted by molar-refractivity contribution is 0.488. The highest BCUT2D eigenvalue weighted by Gasteiger charge is 2.13. The lowest BCUT2D eigenvalue weighted by atomic mass is 10.0. The first-order valence-electron chi connectivity index (χ1n) is 6.73. The van der Waals surface area contributed by atoms with Gasteiger partial charge in [-0.15, -0.1) is 0 Å². The van der Waals surface area contributed by atoms with Gasteiger partial charge in [-0.3, -0.25) is 4.98 Å². The molecular weight excluding hydrogens is 236 g/mol. The summed E-state index contributed by atoms with van der Waals surface area (Å²) >= 11 is 0. The van der Waals surface area contributed by atoms with Crippen molar-refractivity contribution in [3.8, 4) is 0 Å². The first kappa shape index (κ1) is 13.7. The number of aryl methyl sites for hydroxylation is 1. The molecule has 0 amide bonds. The van der Waals surface area contributed by atoms with E-state index in [0.717, 1.165) is 18.7 Å². The summed E-state index contributed by atoms with van der Waals surface area (Å²) in [6, 6.07) is 2.09. The van der Waals surface area contributed by atoms with Gasteiger partial charge in [-0.05, 0) is 36.5 Å². The van der Waals surface area contributed by atoms with Crippen LogP contribution in [-0.2, 0) is 6.54 Å². The minimum absolute atomic E-state index is 0.0460. The number of hydrogen-bond donors (Lipinski definition) is 1. The molecule has 0 bridgehead atoms. The summed E-state index contributed by atoms with van der Waals surface area (Å²) < 4.78 is 2.13. The van der Waals surface area contributed by atoms with E-state index in [1.807, 2.05) is 31.0 Å². The normalized spacial score (nSPS) is 12.9. The topological polar surface area (TPSA) is 56.7 Å². The maximum atomic E-state index is 6.26. The van der Waals surface area contributed by atoms with Gasteiger partial charge in [0.25, 0.3) is 0 Å². The second-order valence-electron chi connectivity index (χ2n) is 5.48. The number of imidazole rings is 1. The largest absolute Gasteiger partial charge is 0.329 e. The Balaban J connectivity index is 2.18. The Morgan fingerprint density at radius 2 is 2.05 bits per heavy atom. The van der Waals surface area contributed by atoms with Crippen LogP contribution < -0.4 is 5.73 Å². The molecule has 0 saturated heterocycles. The van der Waals surface area contributed by atoms with Gasteiger partial charge in [-0.1, -0.05) is 13.8 Å². The second kappa shape index (κ2) is 5.97. The summed E-state index contributed by atoms with van der Waals surface area (Å²) in [5.74, 6) is 0.584. The SMILES string of the molecule is Cc1cnccc1Cn1cncc1C(N)CC(C)C. The lowest BCUT2D eigenvalue weighted by Gasteiger charge is -2.17. The predicted molar refractivity (Wildman–Crippen MR) is 76.7 cm³/mol. The molecule has 0 aliphatic rings. The first-order chi connectivity index (χ1) is 9.08. The molecule has 1 unspecified atom stereocenters. The minimum Gasteiger partial charge on any atom is -0.329 e. The van der Waals surface area contributed by atoms with Crippen molar-refractivity contribution < 1.29 is 0 Å². The van der Waals surface area contributed by atoms with E-state index in [2.05, 4.69) is 35.3 Å². The molecule has 1 atom stereocenters. The molecule has 2 aromatic rings. The summed E-state index contributed by atoms with van der Waals surface area (Å²) in [4.78, 5) is 8.37. The van der Waals surface area contributed by atoms with Crippen LogP contribution in [0.25, 0.3) is 0 Å². The Hall–Kier alpha value is -1.68. The van der Waals surface area contributed by atoms with Gasteiger partial charge < -0.3 is 10.3 Å². The standard InChI is InChI=1S/C15H22N4/c1-11(2)6-14(16)15-8-18-10-19(15)9-13-4-5-17-7-12(13)3/h4-5,7-8,10-11,14H,6,9,16H2,1-3H3. The number of hydrogen-bond acceptors (Lipinski definition) is 3. The molecule has 0 fully saturated rings. The molecule has 2 rings (SSSR count). The van der Waals surface area contributed by atoms with Gasteiger partial charge >= 0.3 is 0 Å². The monoisotopic (exact) mass is 258 g/mol. The van der Waals surface area contributed by atoms with Gasteiger partial charge in [0.05, 0.1) is 12.0 Å². The van der Waals surface area contributed by atoms with Gasteiger partial charge in [0.2, 0.25) is 0 Å². The zero-order chi connectivity index (χ0) is 13.8. The summed E-state index contributed by atoms with van der Waals surface area (Å²) in [7, 11) is 0. The van der Waals surface area contributed by atoms with Crippen molar-refractivity contribution in [1.29, 1.82) is 0 Å². The van der Waals surface area contributed by atoms with Crippen molar-refractivity contribution in [1.82, 2.24) is 14.5 Å². The van der Waals surface area contributed by atoms with Crippen LogP contribution in [0, 0.1) is 12.8 Å². The molecular formula is C15H22N4. The van der Waals surface area contributed by atoms with E-state index in [-0.39, 0.29) is 6.04 Å². The Morgan fingerprint density at radius 1 is 1.26 bits per heavy atom. The Bertz CT molecular complexity index is 530. The van der Waals surface area contributed by atoms with Crippen LogP contribution in [0.1, 0.15) is 43.1 Å². The molecule has 4 nitrogen and oxygen atoms in total. The average molecular weight is 258 g/mol. The summed E-state index contributed by atoms with van der Waals surface area (Å²) in [5.41, 5.74) is 9.81. The highest BCUT2D eigenvalue weighted by molar-refractivity contribution is 5.22. The fourth-order valence-electron chi connectivity index (χ4n) is 2.26. The maximum Gasteiger partial charge on any atom is 0.0951 e. The molecule has 102 valence electrons. The number of aromatic nitrogens is 3. The van der Waals surface area contributed by atoms with Crippen LogP contribution >= 0.6 is 0 Å². The number of rotatable bonds is 5. The Labute approximate surface area is 114 Å². The van der Waals surface area contributed by atoms with Crippen molar-refractivity contribution in [2.24, 2.45) is 11.7 Å². The molecule has 0 radical (unpaired) electrons. The highest BCUT2D eigenvalue weighted by Crippen LogP contribution is 2.19. The third kappa shape index (κ3) is 3.41. The molecule has 2 heterocycles. The Kier molecular flexibility index (Phi) is 4.32. The van der Waals surface area contributed by atoms with E-state index in [1.165, 1.54) is 11.1 Å². The zero-order valence-corrected chi connectivity index (χ0v) is 11.9. The van der Waals surface area contributed by atoms with Crippen LogP contribution in [0.2, 0.25) is 0 Å². The molecule has 0 aromatic carbocycles. The maximum absolute atomic E-state index is 6.26. The van der Waals surface area contributed by atoms with Crippen molar-refractivity contribution in [2.75, 3.05) is 0 Å². The van der Waals surface area contributed by atoms with Crippen LogP contribution in [0.3, 0.4) is 0 Å². The summed E-state index contributed by atoms with van der Waals surface area (Å²) in [6.07, 6.45) is 8.42. The third-order valence-electron chi connectivity index (χ3n) is 3.33. The Morgan fingerprint density at radius 3 is 2.74 bits per heavy atom. The van der Waals surface area contributed by atoms with Gasteiger partial charge in [0.1, 0.15) is 0 Å². The van der Waals surface area contributed by atoms with E-state index in [4.69, 9.17) is 5.73 Å². The first-order valence-corrected chi connectivity index (χ1v) is 6.73. The van der Waals surface area contributed by atoms with Crippen LogP contribution in [-0.4, -0.2) is 14.5 Å². The summed E-state index contributed by atoms with van der Waals surface area (Å²) in [5, 5.41) is 0. The molecule has 4 heteroatoms. The van der Waals surface area contributed by atoms with E-state index in [1.54, 1.807) is 0 Å². The molecule has 2 N–H and O–H groups in total.